The van der Waals surface area contributed by atoms with Crippen LogP contribution in [-0.4, -0.2) is 16.8 Å². The molecule has 4 heterocycles. The van der Waals surface area contributed by atoms with Gasteiger partial charge >= 0.3 is 0 Å². The summed E-state index contributed by atoms with van der Waals surface area (Å²) < 4.78 is 2.58. The van der Waals surface area contributed by atoms with Gasteiger partial charge in [-0.05, 0) is 91.1 Å². The van der Waals surface area contributed by atoms with Gasteiger partial charge in [0, 0.05) is 55.7 Å². The molecule has 0 aliphatic carbocycles. The molecule has 7 aromatic rings. The van der Waals surface area contributed by atoms with E-state index >= 15 is 0 Å². The summed E-state index contributed by atoms with van der Waals surface area (Å²) in [5.74, 6) is 0. The SMILES string of the molecule is Cc1ccccc1N(c1cc2c3c(c1)-n1c4ccccc4c4cccc(c41)B3c1cccc3c1N2C(C)(C)C3(C)C)c1ccccc1C. The summed E-state index contributed by atoms with van der Waals surface area (Å²) in [6, 6.07) is 45.6. The second-order valence-corrected chi connectivity index (χ2v) is 15.1. The number of aryl methyl sites for hydroxylation is 2. The Kier molecular flexibility index (Phi) is 5.36. The van der Waals surface area contributed by atoms with Gasteiger partial charge in [-0.2, -0.15) is 0 Å². The molecule has 3 nitrogen and oxygen atoms in total. The molecule has 0 saturated heterocycles. The Morgan fingerprint density at radius 2 is 1.21 bits per heavy atom. The number of nitrogens with zero attached hydrogens (tertiary/aromatic N) is 3. The van der Waals surface area contributed by atoms with Crippen LogP contribution in [0.15, 0.2) is 121 Å². The highest BCUT2D eigenvalue weighted by atomic mass is 15.3. The zero-order chi connectivity index (χ0) is 32.7. The fourth-order valence-corrected chi connectivity index (χ4v) is 9.31. The van der Waals surface area contributed by atoms with E-state index in [0.717, 1.165) is 0 Å². The molecule has 3 aliphatic heterocycles. The van der Waals surface area contributed by atoms with Gasteiger partial charge in [0.2, 0.25) is 0 Å². The summed E-state index contributed by atoms with van der Waals surface area (Å²) in [4.78, 5) is 5.21. The molecule has 0 bridgehead atoms. The van der Waals surface area contributed by atoms with Crippen LogP contribution >= 0.6 is 0 Å². The van der Waals surface area contributed by atoms with Crippen LogP contribution in [0.1, 0.15) is 44.4 Å². The third kappa shape index (κ3) is 3.26. The van der Waals surface area contributed by atoms with E-state index in [2.05, 4.69) is 177 Å². The van der Waals surface area contributed by atoms with Gasteiger partial charge in [0.05, 0.1) is 11.2 Å². The number of benzene rings is 6. The number of fused-ring (bicyclic) bond motifs is 7. The lowest BCUT2D eigenvalue weighted by molar-refractivity contribution is 0.330. The van der Waals surface area contributed by atoms with Crippen molar-refractivity contribution in [3.8, 4) is 5.69 Å². The first-order valence-corrected chi connectivity index (χ1v) is 17.3. The molecule has 0 atom stereocenters. The fourth-order valence-electron chi connectivity index (χ4n) is 9.31. The lowest BCUT2D eigenvalue weighted by Crippen LogP contribution is -2.63. The van der Waals surface area contributed by atoms with Crippen molar-refractivity contribution >= 4 is 73.3 Å². The first-order chi connectivity index (χ1) is 23.2. The summed E-state index contributed by atoms with van der Waals surface area (Å²) in [6.45, 7) is 14.4. The predicted molar refractivity (Wildman–Crippen MR) is 205 cm³/mol. The first kappa shape index (κ1) is 27.9. The van der Waals surface area contributed by atoms with Gasteiger partial charge in [0.15, 0.2) is 0 Å². The van der Waals surface area contributed by atoms with Crippen molar-refractivity contribution in [3.05, 3.63) is 138 Å². The van der Waals surface area contributed by atoms with Crippen LogP contribution in [0.2, 0.25) is 0 Å². The molecule has 0 radical (unpaired) electrons. The second kappa shape index (κ2) is 9.23. The van der Waals surface area contributed by atoms with Gasteiger partial charge < -0.3 is 14.4 Å². The number of aromatic nitrogens is 1. The number of rotatable bonds is 3. The summed E-state index contributed by atoms with van der Waals surface area (Å²) in [5, 5.41) is 2.63. The van der Waals surface area contributed by atoms with E-state index < -0.39 is 0 Å². The van der Waals surface area contributed by atoms with Crippen molar-refractivity contribution in [2.75, 3.05) is 9.80 Å². The molecule has 0 saturated carbocycles. The molecule has 4 heteroatoms. The van der Waals surface area contributed by atoms with Gasteiger partial charge in [0.1, 0.15) is 0 Å². The lowest BCUT2D eigenvalue weighted by Gasteiger charge is -2.47. The van der Waals surface area contributed by atoms with E-state index in [0.29, 0.717) is 0 Å². The Balaban J connectivity index is 1.40. The van der Waals surface area contributed by atoms with E-state index in [-0.39, 0.29) is 17.7 Å². The van der Waals surface area contributed by atoms with Crippen LogP contribution in [0.25, 0.3) is 27.5 Å². The molecule has 0 unspecified atom stereocenters. The minimum Gasteiger partial charge on any atom is -0.335 e. The molecule has 48 heavy (non-hydrogen) atoms. The smallest absolute Gasteiger partial charge is 0.252 e. The Morgan fingerprint density at radius 1 is 0.604 bits per heavy atom. The zero-order valence-electron chi connectivity index (χ0n) is 28.5. The summed E-state index contributed by atoms with van der Waals surface area (Å²) in [7, 11) is 0. The Bertz CT molecular complexity index is 2470. The van der Waals surface area contributed by atoms with Crippen LogP contribution in [0.5, 0.6) is 0 Å². The van der Waals surface area contributed by atoms with Crippen molar-refractivity contribution in [3.63, 3.8) is 0 Å². The van der Waals surface area contributed by atoms with E-state index in [9.17, 15) is 0 Å². The molecule has 0 N–H and O–H groups in total. The third-order valence-electron chi connectivity index (χ3n) is 12.3. The van der Waals surface area contributed by atoms with Crippen molar-refractivity contribution in [1.82, 2.24) is 4.57 Å². The first-order valence-electron chi connectivity index (χ1n) is 17.3. The summed E-state index contributed by atoms with van der Waals surface area (Å²) in [5.41, 5.74) is 18.1. The highest BCUT2D eigenvalue weighted by Crippen LogP contribution is 2.56. The summed E-state index contributed by atoms with van der Waals surface area (Å²) in [6.07, 6.45) is 0. The van der Waals surface area contributed by atoms with Gasteiger partial charge in [-0.25, -0.2) is 0 Å². The second-order valence-electron chi connectivity index (χ2n) is 15.1. The number of anilines is 5. The molecule has 3 aliphatic rings. The minimum absolute atomic E-state index is 0.0610. The fraction of sp³-hybridized carbons (Fsp3) is 0.182. The maximum atomic E-state index is 2.71. The standard InChI is InChI=1S/C44H38BN3/c1-27-15-7-10-22-35(27)46(36-23-11-8-16-28(36)2)29-25-38-40-39(26-29)48-42-32(43(3,4)44(48,5)6)19-14-21-34(42)45(40)33-20-13-18-31-30-17-9-12-24-37(30)47(38)41(31)33/h7-26H,1-6H3. The van der Waals surface area contributed by atoms with Gasteiger partial charge in [-0.15, -0.1) is 0 Å². The number of hydrogen-bond acceptors (Lipinski definition) is 2. The molecule has 6 aromatic carbocycles. The van der Waals surface area contributed by atoms with Crippen LogP contribution in [0.3, 0.4) is 0 Å². The molecule has 1 aromatic heterocycles. The maximum Gasteiger partial charge on any atom is 0.252 e. The molecule has 232 valence electrons. The van der Waals surface area contributed by atoms with E-state index in [4.69, 9.17) is 0 Å². The van der Waals surface area contributed by atoms with Crippen LogP contribution < -0.4 is 26.2 Å². The Hall–Kier alpha value is -5.22. The normalized spacial score (nSPS) is 16.0. The third-order valence-corrected chi connectivity index (χ3v) is 12.3. The highest BCUT2D eigenvalue weighted by molar-refractivity contribution is 7.00. The van der Waals surface area contributed by atoms with Gasteiger partial charge in [-0.3, -0.25) is 0 Å². The molecule has 10 rings (SSSR count). The minimum atomic E-state index is -0.163. The quantitative estimate of drug-likeness (QED) is 0.183. The topological polar surface area (TPSA) is 11.4 Å². The Labute approximate surface area is 283 Å². The van der Waals surface area contributed by atoms with Crippen LogP contribution in [0, 0.1) is 13.8 Å². The Morgan fingerprint density at radius 3 is 1.94 bits per heavy atom. The van der Waals surface area contributed by atoms with Crippen molar-refractivity contribution < 1.29 is 0 Å². The number of hydrogen-bond donors (Lipinski definition) is 0. The number of para-hydroxylation sites is 5. The lowest BCUT2D eigenvalue weighted by atomic mass is 9.33. The monoisotopic (exact) mass is 619 g/mol. The maximum absolute atomic E-state index is 2.71. The molecule has 0 fully saturated rings. The van der Waals surface area contributed by atoms with Crippen LogP contribution in [-0.2, 0) is 5.41 Å². The molecule has 0 amide bonds. The van der Waals surface area contributed by atoms with E-state index in [1.807, 2.05) is 0 Å². The zero-order valence-corrected chi connectivity index (χ0v) is 28.5. The molecule has 0 spiro atoms. The van der Waals surface area contributed by atoms with Crippen molar-refractivity contribution in [2.45, 2.75) is 52.5 Å². The highest BCUT2D eigenvalue weighted by Gasteiger charge is 2.56. The largest absolute Gasteiger partial charge is 0.335 e. The molecular weight excluding hydrogens is 581 g/mol. The van der Waals surface area contributed by atoms with Crippen LogP contribution in [0.4, 0.5) is 28.4 Å². The molecular formula is C44H38BN3. The average molecular weight is 620 g/mol. The van der Waals surface area contributed by atoms with Crippen molar-refractivity contribution in [2.24, 2.45) is 0 Å². The van der Waals surface area contributed by atoms with E-state index in [1.54, 1.807) is 0 Å². The predicted octanol–water partition coefficient (Wildman–Crippen LogP) is 9.22. The van der Waals surface area contributed by atoms with Crippen molar-refractivity contribution in [1.29, 1.82) is 0 Å². The van der Waals surface area contributed by atoms with Gasteiger partial charge in [-0.1, -0.05) is 105 Å². The summed E-state index contributed by atoms with van der Waals surface area (Å²) >= 11 is 0. The van der Waals surface area contributed by atoms with E-state index in [1.165, 1.54) is 89.0 Å². The average Bonchev–Trinajstić information content (AvgIpc) is 3.50. The van der Waals surface area contributed by atoms with Gasteiger partial charge in [0.25, 0.3) is 6.71 Å².